The summed E-state index contributed by atoms with van der Waals surface area (Å²) in [6.45, 7) is 1.08. The number of aliphatic hydroxyl groups excluding tert-OH is 3. The zero-order valence-electron chi connectivity index (χ0n) is 8.96. The predicted molar refractivity (Wildman–Crippen MR) is 49.1 cm³/mol. The molecule has 0 aromatic carbocycles. The van der Waals surface area contributed by atoms with Crippen LogP contribution in [-0.4, -0.2) is 40.6 Å². The summed E-state index contributed by atoms with van der Waals surface area (Å²) in [4.78, 5) is 9.64. The standard InChI is InChI=1S/C6H8O2.C3H8O3.K/c1-2-3-4-5-6(7)8;4-1-3(6)2-5;/h2-5H,1H3,(H,7,8);3-6H,1-2H2;/q;;+1/p-1/b3-2+,5-4+;;. The van der Waals surface area contributed by atoms with Crippen molar-refractivity contribution in [3.05, 3.63) is 24.3 Å². The minimum atomic E-state index is -1.16. The van der Waals surface area contributed by atoms with Gasteiger partial charge in [0.25, 0.3) is 0 Å². The first-order valence-electron chi connectivity index (χ1n) is 3.98. The van der Waals surface area contributed by atoms with Crippen molar-refractivity contribution in [2.24, 2.45) is 0 Å². The summed E-state index contributed by atoms with van der Waals surface area (Å²) in [5.41, 5.74) is 0. The Morgan fingerprint density at radius 2 is 1.80 bits per heavy atom. The van der Waals surface area contributed by atoms with E-state index >= 15 is 0 Å². The summed E-state index contributed by atoms with van der Waals surface area (Å²) < 4.78 is 0. The van der Waals surface area contributed by atoms with E-state index in [1.807, 2.05) is 0 Å². The van der Waals surface area contributed by atoms with E-state index < -0.39 is 12.1 Å². The normalized spacial score (nSPS) is 9.93. The van der Waals surface area contributed by atoms with Crippen LogP contribution in [0.2, 0.25) is 0 Å². The van der Waals surface area contributed by atoms with Crippen LogP contribution in [0.4, 0.5) is 0 Å². The molecule has 0 aromatic rings. The maximum Gasteiger partial charge on any atom is 1.00 e. The van der Waals surface area contributed by atoms with Crippen molar-refractivity contribution in [3.63, 3.8) is 0 Å². The number of rotatable bonds is 4. The Morgan fingerprint density at radius 3 is 2.00 bits per heavy atom. The van der Waals surface area contributed by atoms with E-state index in [2.05, 4.69) is 0 Å². The van der Waals surface area contributed by atoms with E-state index in [0.29, 0.717) is 0 Å². The summed E-state index contributed by atoms with van der Waals surface area (Å²) in [6, 6.07) is 0. The first-order chi connectivity index (χ1) is 6.58. The Bertz CT molecular complexity index is 187. The number of hydrogen-bond donors (Lipinski definition) is 3. The SMILES string of the molecule is C/C=C/C=C/C(=O)[O-].OCC(O)CO.[K+]. The van der Waals surface area contributed by atoms with Gasteiger partial charge in [0.2, 0.25) is 0 Å². The molecule has 0 rings (SSSR count). The molecule has 0 atom stereocenters. The van der Waals surface area contributed by atoms with Gasteiger partial charge in [-0.15, -0.1) is 0 Å². The van der Waals surface area contributed by atoms with Gasteiger partial charge in [0.05, 0.1) is 19.2 Å². The van der Waals surface area contributed by atoms with Crippen LogP contribution in [0.3, 0.4) is 0 Å². The molecular weight excluding hydrogens is 227 g/mol. The Morgan fingerprint density at radius 1 is 1.33 bits per heavy atom. The summed E-state index contributed by atoms with van der Waals surface area (Å²) >= 11 is 0. The monoisotopic (exact) mass is 242 g/mol. The van der Waals surface area contributed by atoms with Crippen LogP contribution in [0.1, 0.15) is 6.92 Å². The first-order valence-corrected chi connectivity index (χ1v) is 3.98. The van der Waals surface area contributed by atoms with Crippen molar-refractivity contribution in [2.45, 2.75) is 13.0 Å². The molecule has 0 aliphatic heterocycles. The smallest absolute Gasteiger partial charge is 0.545 e. The number of carboxylic acids is 1. The summed E-state index contributed by atoms with van der Waals surface area (Å²) in [5.74, 6) is -1.16. The predicted octanol–water partition coefficient (Wildman–Crippen LogP) is -4.80. The number of carbonyl (C=O) groups is 1. The van der Waals surface area contributed by atoms with Crippen LogP contribution in [0, 0.1) is 0 Å². The van der Waals surface area contributed by atoms with Crippen LogP contribution in [0.15, 0.2) is 24.3 Å². The van der Waals surface area contributed by atoms with Gasteiger partial charge in [-0.1, -0.05) is 18.2 Å². The quantitative estimate of drug-likeness (QED) is 0.261. The number of allylic oxidation sites excluding steroid dienone is 3. The number of aliphatic hydroxyl groups is 3. The maximum absolute atomic E-state index is 9.64. The molecule has 0 fully saturated rings. The molecule has 0 unspecified atom stereocenters. The Labute approximate surface area is 132 Å². The molecule has 0 radical (unpaired) electrons. The molecule has 0 aromatic heterocycles. The van der Waals surface area contributed by atoms with Crippen molar-refractivity contribution in [1.29, 1.82) is 0 Å². The second-order valence-electron chi connectivity index (χ2n) is 2.22. The van der Waals surface area contributed by atoms with E-state index in [0.717, 1.165) is 6.08 Å². The van der Waals surface area contributed by atoms with E-state index in [-0.39, 0.29) is 64.6 Å². The van der Waals surface area contributed by atoms with Gasteiger partial charge >= 0.3 is 51.4 Å². The Balaban J connectivity index is -0.000000187. The molecule has 0 bridgehead atoms. The van der Waals surface area contributed by atoms with Crippen molar-refractivity contribution in [3.8, 4) is 0 Å². The van der Waals surface area contributed by atoms with Crippen LogP contribution < -0.4 is 56.5 Å². The molecule has 5 nitrogen and oxygen atoms in total. The van der Waals surface area contributed by atoms with Crippen molar-refractivity contribution >= 4 is 5.97 Å². The molecule has 0 heterocycles. The third kappa shape index (κ3) is 25.1. The average molecular weight is 242 g/mol. The van der Waals surface area contributed by atoms with Crippen LogP contribution in [0.25, 0.3) is 0 Å². The largest absolute Gasteiger partial charge is 1.00 e. The summed E-state index contributed by atoms with van der Waals surface area (Å²) in [6.07, 6.45) is 4.79. The zero-order chi connectivity index (χ0) is 11.4. The van der Waals surface area contributed by atoms with E-state index in [4.69, 9.17) is 15.3 Å². The third-order valence-corrected chi connectivity index (χ3v) is 0.957. The van der Waals surface area contributed by atoms with Crippen molar-refractivity contribution in [1.82, 2.24) is 0 Å². The fourth-order valence-corrected chi connectivity index (χ4v) is 0.303. The van der Waals surface area contributed by atoms with Gasteiger partial charge in [0, 0.05) is 0 Å². The van der Waals surface area contributed by atoms with Gasteiger partial charge in [-0.2, -0.15) is 0 Å². The molecule has 15 heavy (non-hydrogen) atoms. The molecule has 0 spiro atoms. The summed E-state index contributed by atoms with van der Waals surface area (Å²) in [7, 11) is 0. The first kappa shape index (κ1) is 20.8. The van der Waals surface area contributed by atoms with Gasteiger partial charge in [0.1, 0.15) is 6.10 Å². The average Bonchev–Trinajstić information content (AvgIpc) is 2.17. The summed E-state index contributed by atoms with van der Waals surface area (Å²) in [5, 5.41) is 33.7. The van der Waals surface area contributed by atoms with Gasteiger partial charge in [-0.05, 0) is 13.0 Å². The number of hydrogen-bond acceptors (Lipinski definition) is 5. The Kier molecular flexibility index (Phi) is 23.4. The second-order valence-corrected chi connectivity index (χ2v) is 2.22. The molecular formula is C9H15KO5. The van der Waals surface area contributed by atoms with Crippen molar-refractivity contribution < 1.29 is 76.6 Å². The molecule has 3 N–H and O–H groups in total. The Hall–Kier alpha value is 0.466. The van der Waals surface area contributed by atoms with Gasteiger partial charge in [-0.25, -0.2) is 0 Å². The van der Waals surface area contributed by atoms with E-state index in [9.17, 15) is 9.90 Å². The number of aliphatic carboxylic acids is 1. The molecule has 0 aliphatic rings. The third-order valence-electron chi connectivity index (χ3n) is 0.957. The van der Waals surface area contributed by atoms with Crippen LogP contribution in [0.5, 0.6) is 0 Å². The minimum Gasteiger partial charge on any atom is -0.545 e. The van der Waals surface area contributed by atoms with Gasteiger partial charge < -0.3 is 25.2 Å². The van der Waals surface area contributed by atoms with Crippen LogP contribution in [-0.2, 0) is 4.79 Å². The molecule has 82 valence electrons. The van der Waals surface area contributed by atoms with Crippen molar-refractivity contribution in [2.75, 3.05) is 13.2 Å². The topological polar surface area (TPSA) is 101 Å². The van der Waals surface area contributed by atoms with E-state index in [1.54, 1.807) is 19.1 Å². The molecule has 0 saturated carbocycles. The molecule has 0 amide bonds. The molecule has 0 aliphatic carbocycles. The molecule has 0 saturated heterocycles. The van der Waals surface area contributed by atoms with Gasteiger partial charge in [-0.3, -0.25) is 0 Å². The fourth-order valence-electron chi connectivity index (χ4n) is 0.303. The van der Waals surface area contributed by atoms with Gasteiger partial charge in [0.15, 0.2) is 0 Å². The number of carboxylic acid groups (broad SMARTS) is 1. The minimum absolute atomic E-state index is 0. The number of carbonyl (C=O) groups excluding carboxylic acids is 1. The molecule has 6 heteroatoms. The van der Waals surface area contributed by atoms with Crippen LogP contribution >= 0.6 is 0 Å². The maximum atomic E-state index is 9.64. The fraction of sp³-hybridized carbons (Fsp3) is 0.444. The second kappa shape index (κ2) is 16.9. The zero-order valence-corrected chi connectivity index (χ0v) is 12.1. The van der Waals surface area contributed by atoms with E-state index in [1.165, 1.54) is 6.08 Å².